The van der Waals surface area contributed by atoms with E-state index in [1.807, 2.05) is 59.3 Å². The summed E-state index contributed by atoms with van der Waals surface area (Å²) in [5.74, 6) is 0. The van der Waals surface area contributed by atoms with Crippen molar-refractivity contribution < 1.29 is 8.42 Å². The number of hydrogen-bond donors (Lipinski definition) is 1. The summed E-state index contributed by atoms with van der Waals surface area (Å²) < 4.78 is 27.5. The van der Waals surface area contributed by atoms with Crippen molar-refractivity contribution in [3.8, 4) is 0 Å². The Morgan fingerprint density at radius 1 is 0.958 bits per heavy atom. The van der Waals surface area contributed by atoms with E-state index in [4.69, 9.17) is 0 Å². The zero-order valence-corrected chi connectivity index (χ0v) is 15.3. The van der Waals surface area contributed by atoms with E-state index in [1.165, 1.54) is 2.52 Å². The van der Waals surface area contributed by atoms with E-state index in [0.29, 0.717) is 16.0 Å². The van der Waals surface area contributed by atoms with Crippen LogP contribution in [0.2, 0.25) is 0 Å². The number of H-pyrrole nitrogens is 1. The molecule has 0 amide bonds. The highest BCUT2D eigenvalue weighted by molar-refractivity contribution is 14.1. The van der Waals surface area contributed by atoms with E-state index in [-0.39, 0.29) is 0 Å². The summed E-state index contributed by atoms with van der Waals surface area (Å²) in [5.41, 5.74) is 1.36. The smallest absolute Gasteiger partial charge is 0.273 e. The summed E-state index contributed by atoms with van der Waals surface area (Å²) in [5, 5.41) is 9.37. The van der Waals surface area contributed by atoms with Crippen LogP contribution >= 0.6 is 22.9 Å². The molecule has 1 heterocycles. The van der Waals surface area contributed by atoms with E-state index >= 15 is 0 Å². The third kappa shape index (κ3) is 2.44. The first-order valence-electron chi connectivity index (χ1n) is 7.19. The fourth-order valence-corrected chi connectivity index (χ4v) is 4.89. The maximum atomic E-state index is 13.1. The number of nitrogens with zero attached hydrogens (tertiary/aromatic N) is 2. The minimum Gasteiger partial charge on any atom is -0.278 e. The number of rotatable bonds is 3. The van der Waals surface area contributed by atoms with Crippen LogP contribution in [-0.2, 0) is 10.0 Å². The van der Waals surface area contributed by atoms with Crippen molar-refractivity contribution in [1.29, 1.82) is 0 Å². The molecule has 0 saturated heterocycles. The standard InChI is InChI=1S/C17H12IN3O2S/c18-21(14-9-8-13-11-19-20-16(13)10-14)24(22,23)17-7-3-5-12-4-1-2-6-15(12)17/h1-11H,(H,19,20). The molecule has 0 unspecified atom stereocenters. The molecular formula is C17H12IN3O2S. The molecule has 1 N–H and O–H groups in total. The monoisotopic (exact) mass is 449 g/mol. The van der Waals surface area contributed by atoms with Crippen LogP contribution in [-0.4, -0.2) is 18.6 Å². The molecule has 120 valence electrons. The van der Waals surface area contributed by atoms with Gasteiger partial charge in [0, 0.05) is 10.8 Å². The van der Waals surface area contributed by atoms with Crippen LogP contribution < -0.4 is 2.52 Å². The zero-order valence-electron chi connectivity index (χ0n) is 12.3. The molecule has 0 saturated carbocycles. The Morgan fingerprint density at radius 2 is 1.75 bits per heavy atom. The third-order valence-corrected chi connectivity index (χ3v) is 7.52. The van der Waals surface area contributed by atoms with Crippen molar-refractivity contribution in [3.05, 3.63) is 66.9 Å². The number of aromatic amines is 1. The number of sulfonamides is 1. The van der Waals surface area contributed by atoms with Gasteiger partial charge >= 0.3 is 0 Å². The molecule has 3 aromatic carbocycles. The Balaban J connectivity index is 1.86. The normalized spacial score (nSPS) is 11.9. The Bertz CT molecular complexity index is 1150. The van der Waals surface area contributed by atoms with Gasteiger partial charge in [-0.3, -0.25) is 5.10 Å². The van der Waals surface area contributed by atoms with Crippen LogP contribution in [0, 0.1) is 0 Å². The molecule has 0 aliphatic carbocycles. The van der Waals surface area contributed by atoms with Gasteiger partial charge in [-0.15, -0.1) is 0 Å². The predicted molar refractivity (Wildman–Crippen MR) is 104 cm³/mol. The molecule has 7 heteroatoms. The average molecular weight is 449 g/mol. The van der Waals surface area contributed by atoms with E-state index in [2.05, 4.69) is 10.2 Å². The summed E-state index contributed by atoms with van der Waals surface area (Å²) in [4.78, 5) is 0.291. The maximum absolute atomic E-state index is 13.1. The number of aromatic nitrogens is 2. The van der Waals surface area contributed by atoms with E-state index in [1.54, 1.807) is 30.5 Å². The maximum Gasteiger partial charge on any atom is 0.273 e. The van der Waals surface area contributed by atoms with Crippen LogP contribution in [0.15, 0.2) is 71.8 Å². The minimum atomic E-state index is -3.68. The fraction of sp³-hybridized carbons (Fsp3) is 0. The molecule has 0 aliphatic rings. The molecule has 0 radical (unpaired) electrons. The second-order valence-corrected chi connectivity index (χ2v) is 8.71. The molecule has 5 nitrogen and oxygen atoms in total. The first kappa shape index (κ1) is 15.4. The van der Waals surface area contributed by atoms with Gasteiger partial charge in [0.15, 0.2) is 0 Å². The number of anilines is 1. The summed E-state index contributed by atoms with van der Waals surface area (Å²) in [7, 11) is -3.68. The van der Waals surface area contributed by atoms with Crippen LogP contribution in [0.25, 0.3) is 21.7 Å². The number of halogens is 1. The summed E-state index contributed by atoms with van der Waals surface area (Å²) in [6.45, 7) is 0. The molecule has 4 rings (SSSR count). The Morgan fingerprint density at radius 3 is 2.62 bits per heavy atom. The molecule has 0 spiro atoms. The van der Waals surface area contributed by atoms with Gasteiger partial charge in [0.1, 0.15) is 0 Å². The summed E-state index contributed by atoms with van der Waals surface area (Å²) >= 11 is 1.83. The van der Waals surface area contributed by atoms with Gasteiger partial charge in [-0.2, -0.15) is 5.10 Å². The van der Waals surface area contributed by atoms with Crippen molar-refractivity contribution in [2.24, 2.45) is 0 Å². The van der Waals surface area contributed by atoms with Crippen LogP contribution in [0.5, 0.6) is 0 Å². The number of hydrogen-bond acceptors (Lipinski definition) is 3. The van der Waals surface area contributed by atoms with Gasteiger partial charge in [-0.05, 0) is 29.7 Å². The number of fused-ring (bicyclic) bond motifs is 2. The molecule has 1 aromatic heterocycles. The average Bonchev–Trinajstić information content (AvgIpc) is 3.08. The molecule has 0 atom stereocenters. The topological polar surface area (TPSA) is 66.1 Å². The second kappa shape index (κ2) is 5.75. The lowest BCUT2D eigenvalue weighted by atomic mass is 10.1. The lowest BCUT2D eigenvalue weighted by molar-refractivity contribution is 0.600. The molecule has 0 fully saturated rings. The highest BCUT2D eigenvalue weighted by Gasteiger charge is 2.25. The van der Waals surface area contributed by atoms with Gasteiger partial charge in [0.25, 0.3) is 10.0 Å². The van der Waals surface area contributed by atoms with Gasteiger partial charge in [0.2, 0.25) is 0 Å². The molecule has 24 heavy (non-hydrogen) atoms. The molecular weight excluding hydrogens is 437 g/mol. The van der Waals surface area contributed by atoms with Crippen LogP contribution in [0.4, 0.5) is 5.69 Å². The van der Waals surface area contributed by atoms with Gasteiger partial charge in [-0.1, -0.05) is 36.4 Å². The SMILES string of the molecule is O=S(=O)(c1cccc2ccccc12)N(I)c1ccc2cn[nH]c2c1. The van der Waals surface area contributed by atoms with Gasteiger partial charge in [0.05, 0.1) is 45.2 Å². The van der Waals surface area contributed by atoms with Crippen LogP contribution in [0.1, 0.15) is 0 Å². The first-order chi connectivity index (χ1) is 11.6. The number of nitrogens with one attached hydrogen (secondary N) is 1. The van der Waals surface area contributed by atoms with Gasteiger partial charge in [-0.25, -0.2) is 10.9 Å². The van der Waals surface area contributed by atoms with Crippen molar-refractivity contribution in [2.45, 2.75) is 4.90 Å². The van der Waals surface area contributed by atoms with E-state index in [9.17, 15) is 8.42 Å². The summed E-state index contributed by atoms with van der Waals surface area (Å²) in [6.07, 6.45) is 1.70. The van der Waals surface area contributed by atoms with Gasteiger partial charge < -0.3 is 0 Å². The van der Waals surface area contributed by atoms with E-state index < -0.39 is 10.0 Å². The largest absolute Gasteiger partial charge is 0.278 e. The first-order valence-corrected chi connectivity index (χ1v) is 9.60. The highest BCUT2D eigenvalue weighted by atomic mass is 127. The fourth-order valence-electron chi connectivity index (χ4n) is 2.68. The second-order valence-electron chi connectivity index (χ2n) is 5.34. The number of benzene rings is 3. The van der Waals surface area contributed by atoms with Crippen LogP contribution in [0.3, 0.4) is 0 Å². The van der Waals surface area contributed by atoms with Crippen molar-refractivity contribution in [3.63, 3.8) is 0 Å². The summed E-state index contributed by atoms with van der Waals surface area (Å²) in [6, 6.07) is 18.2. The lowest BCUT2D eigenvalue weighted by Gasteiger charge is -2.18. The molecule has 0 aliphatic heterocycles. The van der Waals surface area contributed by atoms with E-state index in [0.717, 1.165) is 16.3 Å². The van der Waals surface area contributed by atoms with Crippen molar-refractivity contribution in [1.82, 2.24) is 10.2 Å². The third-order valence-electron chi connectivity index (χ3n) is 3.87. The van der Waals surface area contributed by atoms with Crippen molar-refractivity contribution >= 4 is 60.3 Å². The zero-order chi connectivity index (χ0) is 16.7. The Labute approximate surface area is 152 Å². The Hall–Kier alpha value is -2.13. The minimum absolute atomic E-state index is 0.291. The molecule has 4 aromatic rings. The predicted octanol–water partition coefficient (Wildman–Crippen LogP) is 4.26. The lowest BCUT2D eigenvalue weighted by Crippen LogP contribution is -2.20. The quantitative estimate of drug-likeness (QED) is 0.376. The Kier molecular flexibility index (Phi) is 3.69. The highest BCUT2D eigenvalue weighted by Crippen LogP contribution is 2.32. The van der Waals surface area contributed by atoms with Crippen molar-refractivity contribution in [2.75, 3.05) is 2.52 Å². The molecule has 0 bridgehead atoms.